The van der Waals surface area contributed by atoms with Gasteiger partial charge in [0.15, 0.2) is 0 Å². The first kappa shape index (κ1) is 22.3. The zero-order valence-electron chi connectivity index (χ0n) is 20.0. The van der Waals surface area contributed by atoms with Gasteiger partial charge in [0.25, 0.3) is 5.56 Å². The first-order valence-corrected chi connectivity index (χ1v) is 11.7. The summed E-state index contributed by atoms with van der Waals surface area (Å²) in [6.45, 7) is 4.48. The van der Waals surface area contributed by atoms with Gasteiger partial charge in [-0.25, -0.2) is 0 Å². The van der Waals surface area contributed by atoms with Crippen LogP contribution in [-0.4, -0.2) is 24.3 Å². The number of ether oxygens (including phenoxy) is 3. The quantitative estimate of drug-likeness (QED) is 0.514. The van der Waals surface area contributed by atoms with Gasteiger partial charge in [0.2, 0.25) is 0 Å². The molecule has 1 aliphatic carbocycles. The van der Waals surface area contributed by atoms with Crippen molar-refractivity contribution < 1.29 is 19.0 Å². The fraction of sp³-hybridized carbons (Fsp3) is 0.357. The summed E-state index contributed by atoms with van der Waals surface area (Å²) >= 11 is 0. The van der Waals surface area contributed by atoms with Crippen molar-refractivity contribution in [2.45, 2.75) is 45.1 Å². The van der Waals surface area contributed by atoms with Crippen LogP contribution >= 0.6 is 0 Å². The molecular formula is C28H29NO5. The maximum Gasteiger partial charge on any atom is 0.306 e. The number of carbonyl (C=O) groups excluding carboxylic acids is 1. The molecular weight excluding hydrogens is 430 g/mol. The Morgan fingerprint density at radius 1 is 1.15 bits per heavy atom. The number of rotatable bonds is 5. The maximum absolute atomic E-state index is 12.2. The van der Waals surface area contributed by atoms with Crippen molar-refractivity contribution in [3.63, 3.8) is 0 Å². The highest BCUT2D eigenvalue weighted by atomic mass is 16.5. The van der Waals surface area contributed by atoms with Crippen molar-refractivity contribution in [3.05, 3.63) is 80.8 Å². The molecule has 2 heterocycles. The average Bonchev–Trinajstić information content (AvgIpc) is 3.42. The molecule has 34 heavy (non-hydrogen) atoms. The Hall–Kier alpha value is -3.54. The summed E-state index contributed by atoms with van der Waals surface area (Å²) in [5.41, 5.74) is 7.78. The molecule has 1 aliphatic heterocycles. The number of pyridine rings is 1. The fourth-order valence-corrected chi connectivity index (χ4v) is 5.30. The second-order valence-corrected chi connectivity index (χ2v) is 9.19. The number of fused-ring (bicyclic) bond motifs is 2. The molecule has 0 amide bonds. The normalized spacial score (nSPS) is 18.2. The van der Waals surface area contributed by atoms with E-state index in [9.17, 15) is 9.59 Å². The summed E-state index contributed by atoms with van der Waals surface area (Å²) in [5, 5.41) is 0. The third-order valence-corrected chi connectivity index (χ3v) is 7.20. The summed E-state index contributed by atoms with van der Waals surface area (Å²) in [6, 6.07) is 13.9. The minimum atomic E-state index is -0.232. The van der Waals surface area contributed by atoms with Gasteiger partial charge < -0.3 is 18.8 Å². The van der Waals surface area contributed by atoms with Crippen LogP contribution in [0.25, 0.3) is 11.1 Å². The molecule has 2 aliphatic rings. The highest BCUT2D eigenvalue weighted by molar-refractivity contribution is 5.74. The van der Waals surface area contributed by atoms with Gasteiger partial charge in [-0.15, -0.1) is 0 Å². The SMILES string of the molecule is COC(=O)CC1COc2cc(OC3CCc4c(-c5c(C)cc(=O)n(C)c5C)cccc43)ccc21. The van der Waals surface area contributed by atoms with E-state index in [-0.39, 0.29) is 23.6 Å². The Bertz CT molecular complexity index is 1340. The van der Waals surface area contributed by atoms with Crippen LogP contribution in [0.15, 0.2) is 47.3 Å². The summed E-state index contributed by atoms with van der Waals surface area (Å²) in [6.07, 6.45) is 2.07. The zero-order valence-corrected chi connectivity index (χ0v) is 20.0. The van der Waals surface area contributed by atoms with E-state index in [0.29, 0.717) is 13.0 Å². The van der Waals surface area contributed by atoms with Crippen molar-refractivity contribution in [1.82, 2.24) is 4.57 Å². The standard InChI is InChI=1S/C28H29NO5/c1-16-12-26(30)29(3)17(2)28(16)23-7-5-6-22-21(23)10-11-24(22)34-19-8-9-20-18(13-27(31)32-4)15-33-25(20)14-19/h5-9,12,14,18,24H,10-11,13,15H2,1-4H3. The molecule has 0 spiro atoms. The lowest BCUT2D eigenvalue weighted by Crippen LogP contribution is -2.19. The number of methoxy groups -OCH3 is 1. The van der Waals surface area contributed by atoms with Crippen LogP contribution in [0.5, 0.6) is 11.5 Å². The molecule has 5 rings (SSSR count). The third-order valence-electron chi connectivity index (χ3n) is 7.20. The molecule has 2 aromatic carbocycles. The van der Waals surface area contributed by atoms with Crippen LogP contribution in [0.4, 0.5) is 0 Å². The monoisotopic (exact) mass is 459 g/mol. The first-order chi connectivity index (χ1) is 16.4. The molecule has 0 fully saturated rings. The van der Waals surface area contributed by atoms with Crippen molar-refractivity contribution >= 4 is 5.97 Å². The van der Waals surface area contributed by atoms with E-state index in [0.717, 1.165) is 46.7 Å². The number of nitrogens with zero attached hydrogens (tertiary/aromatic N) is 1. The fourth-order valence-electron chi connectivity index (χ4n) is 5.30. The first-order valence-electron chi connectivity index (χ1n) is 11.7. The Balaban J connectivity index is 1.42. The maximum atomic E-state index is 12.2. The molecule has 6 heteroatoms. The minimum Gasteiger partial charge on any atom is -0.492 e. The van der Waals surface area contributed by atoms with E-state index in [1.807, 2.05) is 39.1 Å². The Kier molecular flexibility index (Phi) is 5.68. The molecule has 2 unspecified atom stereocenters. The highest BCUT2D eigenvalue weighted by Crippen LogP contribution is 2.43. The predicted octanol–water partition coefficient (Wildman–Crippen LogP) is 4.77. The molecule has 6 nitrogen and oxygen atoms in total. The lowest BCUT2D eigenvalue weighted by molar-refractivity contribution is -0.141. The van der Waals surface area contributed by atoms with Crippen molar-refractivity contribution in [1.29, 1.82) is 0 Å². The highest BCUT2D eigenvalue weighted by Gasteiger charge is 2.30. The molecule has 2 atom stereocenters. The lowest BCUT2D eigenvalue weighted by Gasteiger charge is -2.18. The molecule has 0 bridgehead atoms. The number of aryl methyl sites for hydroxylation is 1. The molecule has 0 N–H and O–H groups in total. The van der Waals surface area contributed by atoms with Gasteiger partial charge in [-0.05, 0) is 55.0 Å². The number of benzene rings is 2. The van der Waals surface area contributed by atoms with Crippen LogP contribution in [0.1, 0.15) is 52.8 Å². The van der Waals surface area contributed by atoms with Crippen molar-refractivity contribution in [2.75, 3.05) is 13.7 Å². The molecule has 0 saturated carbocycles. The Labute approximate surface area is 199 Å². The van der Waals surface area contributed by atoms with Gasteiger partial charge >= 0.3 is 5.97 Å². The van der Waals surface area contributed by atoms with Crippen molar-refractivity contribution in [2.24, 2.45) is 7.05 Å². The van der Waals surface area contributed by atoms with Gasteiger partial charge in [0.05, 0.1) is 20.1 Å². The lowest BCUT2D eigenvalue weighted by atomic mass is 9.92. The van der Waals surface area contributed by atoms with E-state index in [1.54, 1.807) is 10.6 Å². The molecule has 176 valence electrons. The third kappa shape index (κ3) is 3.77. The van der Waals surface area contributed by atoms with Crippen LogP contribution in [0, 0.1) is 13.8 Å². The van der Waals surface area contributed by atoms with E-state index in [4.69, 9.17) is 14.2 Å². The molecule has 3 aromatic rings. The summed E-state index contributed by atoms with van der Waals surface area (Å²) < 4.78 is 18.8. The zero-order chi connectivity index (χ0) is 24.0. The van der Waals surface area contributed by atoms with Crippen LogP contribution in [0.2, 0.25) is 0 Å². The average molecular weight is 460 g/mol. The van der Waals surface area contributed by atoms with E-state index in [2.05, 4.69) is 18.2 Å². The second kappa shape index (κ2) is 8.67. The van der Waals surface area contributed by atoms with Gasteiger partial charge in [0, 0.05) is 41.9 Å². The summed E-state index contributed by atoms with van der Waals surface area (Å²) in [5.74, 6) is 1.31. The minimum absolute atomic E-state index is 0.0135. The number of carbonyl (C=O) groups is 1. The molecule has 0 saturated heterocycles. The number of esters is 1. The number of hydrogen-bond donors (Lipinski definition) is 0. The summed E-state index contributed by atoms with van der Waals surface area (Å²) in [4.78, 5) is 23.9. The van der Waals surface area contributed by atoms with Gasteiger partial charge in [0.1, 0.15) is 17.6 Å². The molecule has 0 radical (unpaired) electrons. The summed E-state index contributed by atoms with van der Waals surface area (Å²) in [7, 11) is 3.23. The molecule has 1 aromatic heterocycles. The smallest absolute Gasteiger partial charge is 0.306 e. The number of hydrogen-bond acceptors (Lipinski definition) is 5. The van der Waals surface area contributed by atoms with E-state index >= 15 is 0 Å². The topological polar surface area (TPSA) is 66.8 Å². The van der Waals surface area contributed by atoms with E-state index in [1.165, 1.54) is 23.8 Å². The Morgan fingerprint density at radius 2 is 1.97 bits per heavy atom. The van der Waals surface area contributed by atoms with E-state index < -0.39 is 0 Å². The largest absolute Gasteiger partial charge is 0.492 e. The second-order valence-electron chi connectivity index (χ2n) is 9.19. The van der Waals surface area contributed by atoms with Gasteiger partial charge in [-0.3, -0.25) is 9.59 Å². The van der Waals surface area contributed by atoms with Gasteiger partial charge in [-0.2, -0.15) is 0 Å². The van der Waals surface area contributed by atoms with Crippen LogP contribution in [-0.2, 0) is 23.0 Å². The van der Waals surface area contributed by atoms with Crippen LogP contribution < -0.4 is 15.0 Å². The van der Waals surface area contributed by atoms with Crippen molar-refractivity contribution in [3.8, 4) is 22.6 Å². The predicted molar refractivity (Wildman–Crippen MR) is 130 cm³/mol. The van der Waals surface area contributed by atoms with Crippen LogP contribution in [0.3, 0.4) is 0 Å². The Morgan fingerprint density at radius 3 is 2.76 bits per heavy atom. The van der Waals surface area contributed by atoms with Gasteiger partial charge in [-0.1, -0.05) is 24.3 Å². The number of aromatic nitrogens is 1.